The van der Waals surface area contributed by atoms with Crippen molar-refractivity contribution in [2.24, 2.45) is 0 Å². The van der Waals surface area contributed by atoms with Gasteiger partial charge in [0.1, 0.15) is 0 Å². The normalized spacial score (nSPS) is 18.3. The van der Waals surface area contributed by atoms with Crippen LogP contribution in [0.15, 0.2) is 30.6 Å². The number of carboxylic acid groups (broad SMARTS) is 1. The van der Waals surface area contributed by atoms with Crippen LogP contribution in [0.3, 0.4) is 0 Å². The summed E-state index contributed by atoms with van der Waals surface area (Å²) in [6, 6.07) is 9.05. The number of nitrogens with zero attached hydrogens (tertiary/aromatic N) is 3. The van der Waals surface area contributed by atoms with E-state index in [1.807, 2.05) is 0 Å². The number of carbonyl (C=O) groups excluding carboxylic acids is 1. The molecule has 1 amide bonds. The van der Waals surface area contributed by atoms with Gasteiger partial charge in [-0.3, -0.25) is 9.69 Å². The molecule has 0 atom stereocenters. The number of aromatic amines is 1. The van der Waals surface area contributed by atoms with Gasteiger partial charge >= 0.3 is 5.97 Å². The smallest absolute Gasteiger partial charge is 0.354 e. The molecule has 130 valence electrons. The lowest BCUT2D eigenvalue weighted by atomic mass is 10.1. The second kappa shape index (κ2) is 6.33. The second-order valence-electron chi connectivity index (χ2n) is 6.59. The van der Waals surface area contributed by atoms with Crippen molar-refractivity contribution in [3.63, 3.8) is 0 Å². The van der Waals surface area contributed by atoms with Crippen LogP contribution < -0.4 is 0 Å². The molecule has 2 heterocycles. The molecule has 1 aromatic heterocycles. The maximum Gasteiger partial charge on any atom is 0.354 e. The highest BCUT2D eigenvalue weighted by Crippen LogP contribution is 2.26. The van der Waals surface area contributed by atoms with E-state index in [4.69, 9.17) is 5.11 Å². The van der Waals surface area contributed by atoms with Gasteiger partial charge in [-0.05, 0) is 24.0 Å². The molecule has 2 N–H and O–H groups in total. The molecule has 1 aliphatic carbocycles. The third-order valence-electron chi connectivity index (χ3n) is 5.20. The van der Waals surface area contributed by atoms with Gasteiger partial charge in [0.25, 0.3) is 5.91 Å². The van der Waals surface area contributed by atoms with Crippen LogP contribution in [0.2, 0.25) is 0 Å². The molecule has 25 heavy (non-hydrogen) atoms. The van der Waals surface area contributed by atoms with E-state index in [2.05, 4.69) is 39.1 Å². The van der Waals surface area contributed by atoms with Crippen LogP contribution in [0.1, 0.15) is 32.1 Å². The number of rotatable bonds is 3. The number of nitrogens with one attached hydrogen (secondary N) is 1. The number of imidazole rings is 1. The lowest BCUT2D eigenvalue weighted by Gasteiger charge is -2.37. The summed E-state index contributed by atoms with van der Waals surface area (Å²) in [4.78, 5) is 34.3. The number of amides is 1. The van der Waals surface area contributed by atoms with E-state index in [0.717, 1.165) is 25.9 Å². The molecular formula is C18H20N4O3. The van der Waals surface area contributed by atoms with Crippen LogP contribution in [0.4, 0.5) is 0 Å². The van der Waals surface area contributed by atoms with Crippen LogP contribution in [-0.4, -0.2) is 69.0 Å². The van der Waals surface area contributed by atoms with E-state index in [1.54, 1.807) is 4.90 Å². The standard InChI is InChI=1S/C18H20N4O3/c23-17(15-16(18(24)25)20-11-19-15)22-7-5-21(6-8-22)14-9-12-3-1-2-4-13(12)10-14/h1-4,11,14H,5-10H2,(H,19,20)(H,24,25). The first-order chi connectivity index (χ1) is 12.1. The molecular weight excluding hydrogens is 320 g/mol. The van der Waals surface area contributed by atoms with Crippen LogP contribution in [-0.2, 0) is 12.8 Å². The Labute approximate surface area is 145 Å². The van der Waals surface area contributed by atoms with E-state index in [0.29, 0.717) is 19.1 Å². The van der Waals surface area contributed by atoms with Gasteiger partial charge in [-0.1, -0.05) is 24.3 Å². The highest BCUT2D eigenvalue weighted by Gasteiger charge is 2.32. The van der Waals surface area contributed by atoms with Crippen molar-refractivity contribution in [2.45, 2.75) is 18.9 Å². The summed E-state index contributed by atoms with van der Waals surface area (Å²) in [6.07, 6.45) is 3.38. The Morgan fingerprint density at radius 1 is 1.08 bits per heavy atom. The monoisotopic (exact) mass is 340 g/mol. The van der Waals surface area contributed by atoms with Crippen LogP contribution >= 0.6 is 0 Å². The zero-order valence-electron chi connectivity index (χ0n) is 13.8. The molecule has 1 aromatic carbocycles. The molecule has 7 heteroatoms. The number of carboxylic acids is 1. The number of carbonyl (C=O) groups is 2. The van der Waals surface area contributed by atoms with Gasteiger partial charge in [-0.2, -0.15) is 0 Å². The SMILES string of the molecule is O=C(O)c1[nH]cnc1C(=O)N1CCN(C2Cc3ccccc3C2)CC1. The van der Waals surface area contributed by atoms with Gasteiger partial charge in [0.05, 0.1) is 6.33 Å². The first-order valence-corrected chi connectivity index (χ1v) is 8.50. The number of fused-ring (bicyclic) bond motifs is 1. The molecule has 1 saturated heterocycles. The van der Waals surface area contributed by atoms with Crippen LogP contribution in [0.25, 0.3) is 0 Å². The molecule has 0 radical (unpaired) electrons. The summed E-state index contributed by atoms with van der Waals surface area (Å²) in [5.41, 5.74) is 2.70. The summed E-state index contributed by atoms with van der Waals surface area (Å²) >= 11 is 0. The first kappa shape index (κ1) is 15.8. The first-order valence-electron chi connectivity index (χ1n) is 8.50. The maximum absolute atomic E-state index is 12.6. The zero-order valence-corrected chi connectivity index (χ0v) is 13.8. The minimum absolute atomic E-state index is 0.00535. The van der Waals surface area contributed by atoms with Gasteiger partial charge in [0.15, 0.2) is 11.4 Å². The van der Waals surface area contributed by atoms with Crippen molar-refractivity contribution >= 4 is 11.9 Å². The zero-order chi connectivity index (χ0) is 17.4. The number of H-pyrrole nitrogens is 1. The van der Waals surface area contributed by atoms with Crippen molar-refractivity contribution in [2.75, 3.05) is 26.2 Å². The molecule has 4 rings (SSSR count). The molecule has 1 aliphatic heterocycles. The molecule has 0 spiro atoms. The number of hydrogen-bond acceptors (Lipinski definition) is 4. The van der Waals surface area contributed by atoms with Crippen molar-refractivity contribution in [3.05, 3.63) is 53.1 Å². The number of hydrogen-bond donors (Lipinski definition) is 2. The molecule has 2 aromatic rings. The minimum atomic E-state index is -1.16. The molecule has 0 unspecified atom stereocenters. The Kier molecular flexibility index (Phi) is 4.01. The van der Waals surface area contributed by atoms with Crippen molar-refractivity contribution in [3.8, 4) is 0 Å². The quantitative estimate of drug-likeness (QED) is 0.871. The largest absolute Gasteiger partial charge is 0.477 e. The molecule has 7 nitrogen and oxygen atoms in total. The van der Waals surface area contributed by atoms with Gasteiger partial charge in [-0.15, -0.1) is 0 Å². The number of piperazine rings is 1. The van der Waals surface area contributed by atoms with E-state index in [9.17, 15) is 9.59 Å². The van der Waals surface area contributed by atoms with Crippen LogP contribution in [0, 0.1) is 0 Å². The lowest BCUT2D eigenvalue weighted by molar-refractivity contribution is 0.0559. The number of aromatic nitrogens is 2. The van der Waals surface area contributed by atoms with Gasteiger partial charge in [0, 0.05) is 32.2 Å². The summed E-state index contributed by atoms with van der Waals surface area (Å²) in [5, 5.41) is 9.12. The fourth-order valence-electron chi connectivity index (χ4n) is 3.85. The molecule has 0 saturated carbocycles. The predicted molar refractivity (Wildman–Crippen MR) is 90.7 cm³/mol. The lowest BCUT2D eigenvalue weighted by Crippen LogP contribution is -2.52. The van der Waals surface area contributed by atoms with E-state index >= 15 is 0 Å². The Bertz CT molecular complexity index is 783. The summed E-state index contributed by atoms with van der Waals surface area (Å²) < 4.78 is 0. The third-order valence-corrected chi connectivity index (χ3v) is 5.20. The fourth-order valence-corrected chi connectivity index (χ4v) is 3.85. The molecule has 1 fully saturated rings. The fraction of sp³-hybridized carbons (Fsp3) is 0.389. The van der Waals surface area contributed by atoms with Crippen molar-refractivity contribution < 1.29 is 14.7 Å². The third kappa shape index (κ3) is 2.91. The van der Waals surface area contributed by atoms with Gasteiger partial charge in [-0.25, -0.2) is 9.78 Å². The van der Waals surface area contributed by atoms with Crippen molar-refractivity contribution in [1.29, 1.82) is 0 Å². The number of benzene rings is 1. The average molecular weight is 340 g/mol. The van der Waals surface area contributed by atoms with Gasteiger partial charge < -0.3 is 15.0 Å². The van der Waals surface area contributed by atoms with Gasteiger partial charge in [0.2, 0.25) is 0 Å². The van der Waals surface area contributed by atoms with E-state index in [-0.39, 0.29) is 17.3 Å². The summed E-state index contributed by atoms with van der Waals surface area (Å²) in [7, 11) is 0. The Hall–Kier alpha value is -2.67. The highest BCUT2D eigenvalue weighted by molar-refractivity contribution is 6.02. The van der Waals surface area contributed by atoms with E-state index in [1.165, 1.54) is 17.5 Å². The molecule has 0 bridgehead atoms. The van der Waals surface area contributed by atoms with Crippen molar-refractivity contribution in [1.82, 2.24) is 19.8 Å². The Balaban J connectivity index is 1.38. The highest BCUT2D eigenvalue weighted by atomic mass is 16.4. The summed E-state index contributed by atoms with van der Waals surface area (Å²) in [6.45, 7) is 2.80. The molecule has 2 aliphatic rings. The topological polar surface area (TPSA) is 89.5 Å². The van der Waals surface area contributed by atoms with E-state index < -0.39 is 5.97 Å². The second-order valence-corrected chi connectivity index (χ2v) is 6.59. The van der Waals surface area contributed by atoms with Crippen LogP contribution in [0.5, 0.6) is 0 Å². The summed E-state index contributed by atoms with van der Waals surface area (Å²) in [5.74, 6) is -1.48. The maximum atomic E-state index is 12.6. The average Bonchev–Trinajstić information content (AvgIpc) is 3.28. The Morgan fingerprint density at radius 2 is 1.72 bits per heavy atom. The predicted octanol–water partition coefficient (Wildman–Crippen LogP) is 1.03. The Morgan fingerprint density at radius 3 is 2.32 bits per heavy atom. The number of aromatic carboxylic acids is 1. The minimum Gasteiger partial charge on any atom is -0.477 e.